The number of hydrogen-bond acceptors (Lipinski definition) is 2. The highest BCUT2D eigenvalue weighted by Gasteiger charge is 2.33. The number of alkyl halides is 3. The molecule has 0 aliphatic carbocycles. The summed E-state index contributed by atoms with van der Waals surface area (Å²) in [6, 6.07) is 0. The number of aryl methyl sites for hydroxylation is 1. The second-order valence-corrected chi connectivity index (χ2v) is 5.53. The number of rotatable bonds is 5. The van der Waals surface area contributed by atoms with Crippen molar-refractivity contribution < 1.29 is 13.2 Å². The topological polar surface area (TPSA) is 29.9 Å². The first-order valence-corrected chi connectivity index (χ1v) is 6.69. The molecule has 1 atom stereocenters. The van der Waals surface area contributed by atoms with Gasteiger partial charge < -0.3 is 9.88 Å². The Balaban J connectivity index is 1.90. The Morgan fingerprint density at radius 2 is 2.21 bits per heavy atom. The number of halogens is 3. The normalized spacial score (nSPS) is 24.0. The molecule has 1 unspecified atom stereocenters. The fourth-order valence-corrected chi connectivity index (χ4v) is 2.64. The lowest BCUT2D eigenvalue weighted by Crippen LogP contribution is -2.28. The first kappa shape index (κ1) is 14.4. The third-order valence-corrected chi connectivity index (χ3v) is 3.81. The Kier molecular flexibility index (Phi) is 4.18. The average Bonchev–Trinajstić information content (AvgIpc) is 2.92. The van der Waals surface area contributed by atoms with Gasteiger partial charge in [-0.25, -0.2) is 4.98 Å². The van der Waals surface area contributed by atoms with E-state index in [1.807, 2.05) is 10.8 Å². The van der Waals surface area contributed by atoms with Crippen LogP contribution in [0.5, 0.6) is 0 Å². The Bertz CT molecular complexity index is 406. The van der Waals surface area contributed by atoms with E-state index in [1.165, 1.54) is 0 Å². The smallest absolute Gasteiger partial charge is 0.334 e. The summed E-state index contributed by atoms with van der Waals surface area (Å²) in [6.45, 7) is 4.67. The van der Waals surface area contributed by atoms with Crippen LogP contribution >= 0.6 is 0 Å². The molecule has 1 N–H and O–H groups in total. The maximum absolute atomic E-state index is 12.1. The Morgan fingerprint density at radius 1 is 1.42 bits per heavy atom. The molecule has 108 valence electrons. The summed E-state index contributed by atoms with van der Waals surface area (Å²) < 4.78 is 38.2. The van der Waals surface area contributed by atoms with E-state index < -0.39 is 12.6 Å². The van der Waals surface area contributed by atoms with E-state index in [-0.39, 0.29) is 11.8 Å². The summed E-state index contributed by atoms with van der Waals surface area (Å²) in [5, 5.41) is 3.33. The number of nitrogens with zero attached hydrogens (tertiary/aromatic N) is 2. The third-order valence-electron chi connectivity index (χ3n) is 3.81. The molecule has 19 heavy (non-hydrogen) atoms. The minimum Gasteiger partial charge on any atom is -0.334 e. The lowest BCUT2D eigenvalue weighted by atomic mass is 9.86. The summed E-state index contributed by atoms with van der Waals surface area (Å²) in [6.07, 6.45) is 0.585. The summed E-state index contributed by atoms with van der Waals surface area (Å²) >= 11 is 0. The molecule has 3 nitrogen and oxygen atoms in total. The van der Waals surface area contributed by atoms with Crippen LogP contribution in [0.2, 0.25) is 0 Å². The predicted octanol–water partition coefficient (Wildman–Crippen LogP) is 2.87. The molecule has 1 saturated heterocycles. The monoisotopic (exact) mass is 275 g/mol. The van der Waals surface area contributed by atoms with E-state index in [4.69, 9.17) is 0 Å². The molecular formula is C13H20F3N3. The highest BCUT2D eigenvalue weighted by Crippen LogP contribution is 2.30. The molecule has 1 aliphatic heterocycles. The molecule has 0 aromatic carbocycles. The van der Waals surface area contributed by atoms with Crippen LogP contribution in [0.4, 0.5) is 13.2 Å². The van der Waals surface area contributed by atoms with Crippen LogP contribution in [0.25, 0.3) is 0 Å². The first-order valence-electron chi connectivity index (χ1n) is 6.69. The van der Waals surface area contributed by atoms with Crippen LogP contribution in [0.3, 0.4) is 0 Å². The predicted molar refractivity (Wildman–Crippen MR) is 67.0 cm³/mol. The summed E-state index contributed by atoms with van der Waals surface area (Å²) in [7, 11) is 0. The fourth-order valence-electron chi connectivity index (χ4n) is 2.64. The molecule has 2 rings (SSSR count). The molecule has 2 heterocycles. The average molecular weight is 275 g/mol. The van der Waals surface area contributed by atoms with Gasteiger partial charge in [0.25, 0.3) is 0 Å². The van der Waals surface area contributed by atoms with Crippen molar-refractivity contribution in [2.75, 3.05) is 13.1 Å². The van der Waals surface area contributed by atoms with Crippen molar-refractivity contribution in [3.63, 3.8) is 0 Å². The van der Waals surface area contributed by atoms with Crippen molar-refractivity contribution >= 4 is 0 Å². The largest absolute Gasteiger partial charge is 0.389 e. The van der Waals surface area contributed by atoms with E-state index in [1.54, 1.807) is 6.33 Å². The van der Waals surface area contributed by atoms with E-state index in [2.05, 4.69) is 17.2 Å². The standard InChI is InChI=1S/C13H20F3N3/c1-12(5-6-17-9-12)11-8-18-10-19(11)7-3-2-4-13(14,15)16/h8,10,17H,2-7,9H2,1H3. The molecular weight excluding hydrogens is 255 g/mol. The van der Waals surface area contributed by atoms with Gasteiger partial charge in [0.15, 0.2) is 0 Å². The molecule has 6 heteroatoms. The maximum Gasteiger partial charge on any atom is 0.389 e. The SMILES string of the molecule is CC1(c2cncn2CCCCC(F)(F)F)CCNC1. The molecule has 0 amide bonds. The van der Waals surface area contributed by atoms with E-state index >= 15 is 0 Å². The number of imidazole rings is 1. The Hall–Kier alpha value is -1.04. The van der Waals surface area contributed by atoms with Gasteiger partial charge in [-0.15, -0.1) is 0 Å². The number of unbranched alkanes of at least 4 members (excludes halogenated alkanes) is 1. The van der Waals surface area contributed by atoms with E-state index in [9.17, 15) is 13.2 Å². The van der Waals surface area contributed by atoms with Gasteiger partial charge >= 0.3 is 6.18 Å². The Morgan fingerprint density at radius 3 is 2.84 bits per heavy atom. The summed E-state index contributed by atoms with van der Waals surface area (Å²) in [5.41, 5.74) is 1.19. The molecule has 1 aromatic heterocycles. The summed E-state index contributed by atoms with van der Waals surface area (Å²) in [4.78, 5) is 4.15. The number of nitrogens with one attached hydrogen (secondary N) is 1. The zero-order valence-electron chi connectivity index (χ0n) is 11.1. The van der Waals surface area contributed by atoms with Gasteiger partial charge in [0, 0.05) is 36.8 Å². The molecule has 0 radical (unpaired) electrons. The van der Waals surface area contributed by atoms with Gasteiger partial charge in [-0.2, -0.15) is 13.2 Å². The highest BCUT2D eigenvalue weighted by molar-refractivity contribution is 5.17. The van der Waals surface area contributed by atoms with Gasteiger partial charge in [0.2, 0.25) is 0 Å². The van der Waals surface area contributed by atoms with Gasteiger partial charge in [-0.1, -0.05) is 6.92 Å². The van der Waals surface area contributed by atoms with Gasteiger partial charge in [0.05, 0.1) is 6.33 Å². The molecule has 0 saturated carbocycles. The zero-order valence-corrected chi connectivity index (χ0v) is 11.1. The van der Waals surface area contributed by atoms with Crippen molar-refractivity contribution in [3.8, 4) is 0 Å². The van der Waals surface area contributed by atoms with Crippen LogP contribution in [-0.2, 0) is 12.0 Å². The van der Waals surface area contributed by atoms with Gasteiger partial charge in [-0.3, -0.25) is 0 Å². The van der Waals surface area contributed by atoms with E-state index in [0.29, 0.717) is 13.0 Å². The third kappa shape index (κ3) is 3.72. The quantitative estimate of drug-likeness (QED) is 0.837. The maximum atomic E-state index is 12.1. The van der Waals surface area contributed by atoms with Gasteiger partial charge in [-0.05, 0) is 25.8 Å². The second-order valence-electron chi connectivity index (χ2n) is 5.53. The van der Waals surface area contributed by atoms with Crippen LogP contribution < -0.4 is 5.32 Å². The Labute approximate surface area is 111 Å². The fraction of sp³-hybridized carbons (Fsp3) is 0.769. The number of aromatic nitrogens is 2. The van der Waals surface area contributed by atoms with Gasteiger partial charge in [0.1, 0.15) is 0 Å². The van der Waals surface area contributed by atoms with Crippen molar-refractivity contribution in [1.82, 2.24) is 14.9 Å². The minimum atomic E-state index is -4.04. The highest BCUT2D eigenvalue weighted by atomic mass is 19.4. The minimum absolute atomic E-state index is 0.0561. The van der Waals surface area contributed by atoms with Crippen LogP contribution in [0, 0.1) is 0 Å². The molecule has 0 spiro atoms. The molecule has 0 bridgehead atoms. The van der Waals surface area contributed by atoms with Crippen LogP contribution in [-0.4, -0.2) is 28.8 Å². The van der Waals surface area contributed by atoms with E-state index in [0.717, 1.165) is 25.2 Å². The zero-order chi connectivity index (χ0) is 13.9. The first-order chi connectivity index (χ1) is 8.91. The molecule has 1 aliphatic rings. The molecule has 1 fully saturated rings. The summed E-state index contributed by atoms with van der Waals surface area (Å²) in [5.74, 6) is 0. The van der Waals surface area contributed by atoms with Crippen LogP contribution in [0.1, 0.15) is 38.3 Å². The number of hydrogen-bond donors (Lipinski definition) is 1. The van der Waals surface area contributed by atoms with Crippen molar-refractivity contribution in [3.05, 3.63) is 18.2 Å². The molecule has 1 aromatic rings. The lowest BCUT2D eigenvalue weighted by Gasteiger charge is -2.24. The van der Waals surface area contributed by atoms with Crippen molar-refractivity contribution in [1.29, 1.82) is 0 Å². The van der Waals surface area contributed by atoms with Crippen molar-refractivity contribution in [2.24, 2.45) is 0 Å². The lowest BCUT2D eigenvalue weighted by molar-refractivity contribution is -0.135. The van der Waals surface area contributed by atoms with Crippen molar-refractivity contribution in [2.45, 2.75) is 50.7 Å². The van der Waals surface area contributed by atoms with Crippen LogP contribution in [0.15, 0.2) is 12.5 Å². The second kappa shape index (κ2) is 5.53.